The number of rotatable bonds is 5. The molecular weight excluding hydrogens is 296 g/mol. The van der Waals surface area contributed by atoms with Gasteiger partial charge in [-0.2, -0.15) is 4.98 Å². The van der Waals surface area contributed by atoms with Gasteiger partial charge in [-0.05, 0) is 42.7 Å². The van der Waals surface area contributed by atoms with E-state index in [0.717, 1.165) is 22.9 Å². The van der Waals surface area contributed by atoms with Crippen molar-refractivity contribution < 1.29 is 0 Å². The van der Waals surface area contributed by atoms with Gasteiger partial charge in [-0.3, -0.25) is 0 Å². The zero-order valence-electron chi connectivity index (χ0n) is 14.2. The van der Waals surface area contributed by atoms with Crippen LogP contribution in [0, 0.1) is 6.92 Å². The zero-order valence-corrected chi connectivity index (χ0v) is 14.2. The first-order valence-corrected chi connectivity index (χ1v) is 8.15. The number of aromatic nitrogens is 2. The monoisotopic (exact) mass is 318 g/mol. The molecule has 122 valence electrons. The van der Waals surface area contributed by atoms with Crippen LogP contribution in [-0.2, 0) is 0 Å². The van der Waals surface area contributed by atoms with E-state index >= 15 is 0 Å². The van der Waals surface area contributed by atoms with Crippen molar-refractivity contribution in [1.82, 2.24) is 9.97 Å². The molecule has 0 amide bonds. The molecule has 2 N–H and O–H groups in total. The molecule has 4 nitrogen and oxygen atoms in total. The third-order valence-electron chi connectivity index (χ3n) is 3.73. The molecule has 0 aliphatic carbocycles. The van der Waals surface area contributed by atoms with Gasteiger partial charge in [-0.1, -0.05) is 44.2 Å². The molecular formula is C20H22N4. The average molecular weight is 318 g/mol. The van der Waals surface area contributed by atoms with E-state index in [1.54, 1.807) is 0 Å². The van der Waals surface area contributed by atoms with E-state index in [1.807, 2.05) is 43.3 Å². The maximum atomic E-state index is 4.55. The van der Waals surface area contributed by atoms with E-state index in [0.29, 0.717) is 11.9 Å². The SMILES string of the molecule is Cc1cc(Nc2ccc(C(C)C)cc2)nc(Nc2ccccc2)n1. The highest BCUT2D eigenvalue weighted by molar-refractivity contribution is 5.60. The number of anilines is 4. The molecule has 0 saturated heterocycles. The number of nitrogens with one attached hydrogen (secondary N) is 2. The molecule has 0 aliphatic heterocycles. The first-order chi connectivity index (χ1) is 11.6. The summed E-state index contributed by atoms with van der Waals surface area (Å²) in [5.74, 6) is 1.89. The van der Waals surface area contributed by atoms with Crippen LogP contribution in [0.2, 0.25) is 0 Å². The molecule has 0 bridgehead atoms. The Bertz CT molecular complexity index is 796. The van der Waals surface area contributed by atoms with Gasteiger partial charge in [0.25, 0.3) is 0 Å². The predicted molar refractivity (Wildman–Crippen MR) is 100 cm³/mol. The summed E-state index contributed by atoms with van der Waals surface area (Å²) in [6.45, 7) is 6.35. The lowest BCUT2D eigenvalue weighted by atomic mass is 10.0. The fourth-order valence-corrected chi connectivity index (χ4v) is 2.44. The van der Waals surface area contributed by atoms with Gasteiger partial charge in [0.2, 0.25) is 5.95 Å². The van der Waals surface area contributed by atoms with Gasteiger partial charge in [-0.15, -0.1) is 0 Å². The van der Waals surface area contributed by atoms with Crippen molar-refractivity contribution >= 4 is 23.1 Å². The fourth-order valence-electron chi connectivity index (χ4n) is 2.44. The Balaban J connectivity index is 1.78. The van der Waals surface area contributed by atoms with Crippen molar-refractivity contribution in [2.24, 2.45) is 0 Å². The number of benzene rings is 2. The van der Waals surface area contributed by atoms with Gasteiger partial charge in [0, 0.05) is 23.1 Å². The first kappa shape index (κ1) is 16.0. The third kappa shape index (κ3) is 4.10. The fraction of sp³-hybridized carbons (Fsp3) is 0.200. The highest BCUT2D eigenvalue weighted by Crippen LogP contribution is 2.21. The molecule has 3 aromatic rings. The van der Waals surface area contributed by atoms with E-state index in [2.05, 4.69) is 58.7 Å². The predicted octanol–water partition coefficient (Wildman–Crippen LogP) is 5.40. The highest BCUT2D eigenvalue weighted by Gasteiger charge is 2.04. The molecule has 0 aliphatic rings. The zero-order chi connectivity index (χ0) is 16.9. The lowest BCUT2D eigenvalue weighted by molar-refractivity contribution is 0.867. The van der Waals surface area contributed by atoms with Crippen LogP contribution >= 0.6 is 0 Å². The second-order valence-electron chi connectivity index (χ2n) is 6.11. The number of para-hydroxylation sites is 1. The molecule has 0 spiro atoms. The quantitative estimate of drug-likeness (QED) is 0.661. The molecule has 3 rings (SSSR count). The summed E-state index contributed by atoms with van der Waals surface area (Å²) in [5, 5.41) is 6.58. The minimum Gasteiger partial charge on any atom is -0.340 e. The number of aryl methyl sites for hydroxylation is 1. The van der Waals surface area contributed by atoms with Crippen LogP contribution in [0.4, 0.5) is 23.1 Å². The number of hydrogen-bond donors (Lipinski definition) is 2. The minimum atomic E-state index is 0.530. The summed E-state index contributed by atoms with van der Waals surface area (Å²) in [6, 6.07) is 20.3. The Morgan fingerprint density at radius 3 is 2.12 bits per heavy atom. The number of hydrogen-bond acceptors (Lipinski definition) is 4. The second-order valence-corrected chi connectivity index (χ2v) is 6.11. The van der Waals surface area contributed by atoms with Gasteiger partial charge < -0.3 is 10.6 Å². The van der Waals surface area contributed by atoms with Crippen LogP contribution in [0.3, 0.4) is 0 Å². The van der Waals surface area contributed by atoms with Crippen LogP contribution in [0.5, 0.6) is 0 Å². The van der Waals surface area contributed by atoms with Crippen LogP contribution in [-0.4, -0.2) is 9.97 Å². The minimum absolute atomic E-state index is 0.530. The number of nitrogens with zero attached hydrogens (tertiary/aromatic N) is 2. The Morgan fingerprint density at radius 1 is 0.792 bits per heavy atom. The van der Waals surface area contributed by atoms with Crippen LogP contribution in [0.1, 0.15) is 31.0 Å². The summed E-state index contributed by atoms with van der Waals surface area (Å²) in [7, 11) is 0. The molecule has 1 heterocycles. The molecule has 0 radical (unpaired) electrons. The van der Waals surface area contributed by atoms with Crippen molar-refractivity contribution in [3.05, 3.63) is 71.9 Å². The topological polar surface area (TPSA) is 49.8 Å². The highest BCUT2D eigenvalue weighted by atomic mass is 15.1. The van der Waals surface area contributed by atoms with Gasteiger partial charge in [0.1, 0.15) is 5.82 Å². The first-order valence-electron chi connectivity index (χ1n) is 8.15. The van der Waals surface area contributed by atoms with E-state index in [9.17, 15) is 0 Å². The standard InChI is InChI=1S/C20H22N4/c1-14(2)16-9-11-18(12-10-16)22-19-13-15(3)21-20(24-19)23-17-7-5-4-6-8-17/h4-14H,1-3H3,(H2,21,22,23,24). The Labute approximate surface area is 143 Å². The van der Waals surface area contributed by atoms with Gasteiger partial charge in [-0.25, -0.2) is 4.98 Å². The molecule has 2 aromatic carbocycles. The van der Waals surface area contributed by atoms with E-state index in [4.69, 9.17) is 0 Å². The van der Waals surface area contributed by atoms with E-state index in [1.165, 1.54) is 5.56 Å². The van der Waals surface area contributed by atoms with Gasteiger partial charge in [0.15, 0.2) is 0 Å². The van der Waals surface area contributed by atoms with Crippen molar-refractivity contribution in [2.75, 3.05) is 10.6 Å². The third-order valence-corrected chi connectivity index (χ3v) is 3.73. The molecule has 0 saturated carbocycles. The Hall–Kier alpha value is -2.88. The summed E-state index contributed by atoms with van der Waals surface area (Å²) in [6.07, 6.45) is 0. The second kappa shape index (κ2) is 7.13. The largest absolute Gasteiger partial charge is 0.340 e. The van der Waals surface area contributed by atoms with Gasteiger partial charge >= 0.3 is 0 Å². The molecule has 0 fully saturated rings. The van der Waals surface area contributed by atoms with Crippen LogP contribution in [0.15, 0.2) is 60.7 Å². The van der Waals surface area contributed by atoms with E-state index in [-0.39, 0.29) is 0 Å². The van der Waals surface area contributed by atoms with Crippen LogP contribution in [0.25, 0.3) is 0 Å². The molecule has 0 unspecified atom stereocenters. The maximum absolute atomic E-state index is 4.55. The summed E-state index contributed by atoms with van der Waals surface area (Å²) >= 11 is 0. The van der Waals surface area contributed by atoms with Crippen molar-refractivity contribution in [2.45, 2.75) is 26.7 Å². The molecule has 1 aromatic heterocycles. The molecule has 0 atom stereocenters. The molecule has 24 heavy (non-hydrogen) atoms. The van der Waals surface area contributed by atoms with E-state index < -0.39 is 0 Å². The average Bonchev–Trinajstić information content (AvgIpc) is 2.55. The van der Waals surface area contributed by atoms with Crippen LogP contribution < -0.4 is 10.6 Å². The Kier molecular flexibility index (Phi) is 4.75. The smallest absolute Gasteiger partial charge is 0.229 e. The summed E-state index contributed by atoms with van der Waals surface area (Å²) in [5.41, 5.74) is 4.22. The van der Waals surface area contributed by atoms with Crippen molar-refractivity contribution in [3.8, 4) is 0 Å². The molecule has 4 heteroatoms. The summed E-state index contributed by atoms with van der Waals surface area (Å²) < 4.78 is 0. The lowest BCUT2D eigenvalue weighted by Gasteiger charge is -2.11. The normalized spacial score (nSPS) is 10.7. The Morgan fingerprint density at radius 2 is 1.46 bits per heavy atom. The lowest BCUT2D eigenvalue weighted by Crippen LogP contribution is -2.02. The van der Waals surface area contributed by atoms with Crippen molar-refractivity contribution in [3.63, 3.8) is 0 Å². The van der Waals surface area contributed by atoms with Crippen molar-refractivity contribution in [1.29, 1.82) is 0 Å². The van der Waals surface area contributed by atoms with Gasteiger partial charge in [0.05, 0.1) is 0 Å². The summed E-state index contributed by atoms with van der Waals surface area (Å²) in [4.78, 5) is 8.99. The maximum Gasteiger partial charge on any atom is 0.229 e.